The second-order valence-corrected chi connectivity index (χ2v) is 3.62. The highest BCUT2D eigenvalue weighted by molar-refractivity contribution is 9.09. The van der Waals surface area contributed by atoms with Crippen LogP contribution in [0.5, 0.6) is 5.75 Å². The van der Waals surface area contributed by atoms with E-state index in [1.807, 2.05) is 6.07 Å². The predicted molar refractivity (Wildman–Crippen MR) is 63.0 cm³/mol. The molecule has 3 heteroatoms. The Morgan fingerprint density at radius 1 is 1.43 bits per heavy atom. The van der Waals surface area contributed by atoms with Gasteiger partial charge in [0.15, 0.2) is 0 Å². The minimum absolute atomic E-state index is 0.798. The summed E-state index contributed by atoms with van der Waals surface area (Å²) in [4.78, 5) is 0. The van der Waals surface area contributed by atoms with Gasteiger partial charge in [0.05, 0.1) is 12.6 Å². The molecule has 0 heterocycles. The van der Waals surface area contributed by atoms with Crippen molar-refractivity contribution in [3.05, 3.63) is 29.3 Å². The number of ether oxygens (including phenoxy) is 1. The summed E-state index contributed by atoms with van der Waals surface area (Å²) in [5.74, 6) is 0.954. The maximum atomic E-state index is 5.29. The third-order valence-corrected chi connectivity index (χ3v) is 2.56. The van der Waals surface area contributed by atoms with Gasteiger partial charge in [0, 0.05) is 12.1 Å². The van der Waals surface area contributed by atoms with Crippen LogP contribution in [0.15, 0.2) is 18.2 Å². The van der Waals surface area contributed by atoms with Gasteiger partial charge in [-0.2, -0.15) is 0 Å². The van der Waals surface area contributed by atoms with Crippen LogP contribution in [0.3, 0.4) is 0 Å². The molecule has 1 rings (SSSR count). The summed E-state index contributed by atoms with van der Waals surface area (Å²) >= 11 is 3.34. The Balaban J connectivity index is 2.84. The van der Waals surface area contributed by atoms with Crippen molar-refractivity contribution in [3.8, 4) is 5.75 Å². The fraction of sp³-hybridized carbons (Fsp3) is 0.455. The van der Waals surface area contributed by atoms with E-state index in [1.165, 1.54) is 11.1 Å². The lowest BCUT2D eigenvalue weighted by molar-refractivity contribution is 0.408. The molecule has 0 saturated carbocycles. The van der Waals surface area contributed by atoms with Crippen molar-refractivity contribution in [2.45, 2.75) is 19.9 Å². The molecule has 0 aliphatic heterocycles. The minimum atomic E-state index is 0.798. The number of benzene rings is 1. The monoisotopic (exact) mass is 257 g/mol. The fourth-order valence-corrected chi connectivity index (χ4v) is 1.57. The molecule has 1 aromatic rings. The number of hydrogen-bond donors (Lipinski definition) is 1. The predicted octanol–water partition coefficient (Wildman–Crippen LogP) is 2.70. The Morgan fingerprint density at radius 2 is 2.21 bits per heavy atom. The molecule has 1 aromatic carbocycles. The van der Waals surface area contributed by atoms with Crippen molar-refractivity contribution in [3.63, 3.8) is 0 Å². The summed E-state index contributed by atoms with van der Waals surface area (Å²) in [7, 11) is 1.71. The van der Waals surface area contributed by atoms with Crippen LogP contribution in [-0.4, -0.2) is 12.6 Å². The third kappa shape index (κ3) is 3.00. The highest BCUT2D eigenvalue weighted by Gasteiger charge is 2.02. The number of methoxy groups -OCH3 is 1. The van der Waals surface area contributed by atoms with Gasteiger partial charge in [-0.15, -0.1) is 0 Å². The first-order valence-electron chi connectivity index (χ1n) is 4.74. The van der Waals surface area contributed by atoms with Gasteiger partial charge in [-0.05, 0) is 18.1 Å². The summed E-state index contributed by atoms with van der Waals surface area (Å²) < 4.78 is 5.29. The van der Waals surface area contributed by atoms with Gasteiger partial charge in [-0.1, -0.05) is 35.0 Å². The molecular formula is C11H16BrNO. The molecule has 0 amide bonds. The van der Waals surface area contributed by atoms with Crippen LogP contribution < -0.4 is 10.1 Å². The highest BCUT2D eigenvalue weighted by Crippen LogP contribution is 2.19. The van der Waals surface area contributed by atoms with Crippen LogP contribution in [0.25, 0.3) is 0 Å². The van der Waals surface area contributed by atoms with Gasteiger partial charge >= 0.3 is 0 Å². The van der Waals surface area contributed by atoms with Crippen molar-refractivity contribution in [1.82, 2.24) is 5.32 Å². The molecule has 0 fully saturated rings. The molecule has 0 aliphatic carbocycles. The Kier molecular flexibility index (Phi) is 4.98. The van der Waals surface area contributed by atoms with Crippen molar-refractivity contribution < 1.29 is 4.74 Å². The highest BCUT2D eigenvalue weighted by atomic mass is 79.9. The summed E-state index contributed by atoms with van der Waals surface area (Å²) in [5.41, 5.74) is 3.36. The van der Waals surface area contributed by atoms with Crippen LogP contribution in [-0.2, 0) is 13.0 Å². The van der Waals surface area contributed by atoms with E-state index >= 15 is 0 Å². The summed E-state index contributed by atoms with van der Waals surface area (Å²) in [5, 5.41) is 3.23. The summed E-state index contributed by atoms with van der Waals surface area (Å²) in [6, 6.07) is 6.33. The number of aryl methyl sites for hydroxylation is 1. The molecule has 14 heavy (non-hydrogen) atoms. The van der Waals surface area contributed by atoms with Crippen LogP contribution in [0, 0.1) is 0 Å². The topological polar surface area (TPSA) is 21.3 Å². The van der Waals surface area contributed by atoms with Gasteiger partial charge in [0.2, 0.25) is 0 Å². The maximum absolute atomic E-state index is 5.29. The van der Waals surface area contributed by atoms with Gasteiger partial charge in [-0.25, -0.2) is 0 Å². The summed E-state index contributed by atoms with van der Waals surface area (Å²) in [6.07, 6.45) is 1.06. The zero-order chi connectivity index (χ0) is 10.4. The quantitative estimate of drug-likeness (QED) is 0.647. The van der Waals surface area contributed by atoms with E-state index in [1.54, 1.807) is 7.11 Å². The first kappa shape index (κ1) is 11.5. The lowest BCUT2D eigenvalue weighted by atomic mass is 10.1. The number of halogens is 1. The van der Waals surface area contributed by atoms with Gasteiger partial charge in [0.1, 0.15) is 5.75 Å². The lowest BCUT2D eigenvalue weighted by Gasteiger charge is -2.10. The molecule has 0 spiro atoms. The van der Waals surface area contributed by atoms with E-state index in [0.717, 1.165) is 24.2 Å². The molecule has 0 radical (unpaired) electrons. The van der Waals surface area contributed by atoms with Crippen LogP contribution in [0.2, 0.25) is 0 Å². The second kappa shape index (κ2) is 6.04. The van der Waals surface area contributed by atoms with Crippen molar-refractivity contribution in [2.75, 3.05) is 12.6 Å². The molecule has 78 valence electrons. The second-order valence-electron chi connectivity index (χ2n) is 3.06. The van der Waals surface area contributed by atoms with Crippen molar-refractivity contribution in [2.24, 2.45) is 0 Å². The Hall–Kier alpha value is -0.540. The SMILES string of the molecule is CCc1ccc(OC)c(CNCBr)c1. The Morgan fingerprint density at radius 3 is 2.79 bits per heavy atom. The molecular weight excluding hydrogens is 242 g/mol. The molecule has 0 bridgehead atoms. The van der Waals surface area contributed by atoms with E-state index < -0.39 is 0 Å². The van der Waals surface area contributed by atoms with Crippen molar-refractivity contribution >= 4 is 15.9 Å². The van der Waals surface area contributed by atoms with E-state index in [0.29, 0.717) is 0 Å². The normalized spacial score (nSPS) is 10.2. The molecule has 0 aromatic heterocycles. The smallest absolute Gasteiger partial charge is 0.123 e. The largest absolute Gasteiger partial charge is 0.496 e. The maximum Gasteiger partial charge on any atom is 0.123 e. The lowest BCUT2D eigenvalue weighted by Crippen LogP contribution is -2.11. The van der Waals surface area contributed by atoms with Crippen LogP contribution in [0.4, 0.5) is 0 Å². The van der Waals surface area contributed by atoms with E-state index in [2.05, 4.69) is 40.3 Å². The summed E-state index contributed by atoms with van der Waals surface area (Å²) in [6.45, 7) is 2.99. The minimum Gasteiger partial charge on any atom is -0.496 e. The zero-order valence-corrected chi connectivity index (χ0v) is 10.2. The van der Waals surface area contributed by atoms with Gasteiger partial charge in [0.25, 0.3) is 0 Å². The molecule has 0 saturated heterocycles. The molecule has 0 aliphatic rings. The Labute approximate surface area is 93.8 Å². The Bertz CT molecular complexity index is 289. The van der Waals surface area contributed by atoms with Crippen LogP contribution in [0.1, 0.15) is 18.1 Å². The number of nitrogens with one attached hydrogen (secondary N) is 1. The number of alkyl halides is 1. The van der Waals surface area contributed by atoms with Crippen LogP contribution >= 0.6 is 15.9 Å². The number of rotatable bonds is 5. The molecule has 0 atom stereocenters. The average Bonchev–Trinajstić information content (AvgIpc) is 2.25. The van der Waals surface area contributed by atoms with E-state index in [4.69, 9.17) is 4.74 Å². The third-order valence-electron chi connectivity index (χ3n) is 2.16. The van der Waals surface area contributed by atoms with E-state index in [-0.39, 0.29) is 0 Å². The first-order valence-corrected chi connectivity index (χ1v) is 5.86. The van der Waals surface area contributed by atoms with E-state index in [9.17, 15) is 0 Å². The fourth-order valence-electron chi connectivity index (χ4n) is 1.37. The van der Waals surface area contributed by atoms with Crippen molar-refractivity contribution in [1.29, 1.82) is 0 Å². The molecule has 0 unspecified atom stereocenters. The molecule has 1 N–H and O–H groups in total. The standard InChI is InChI=1S/C11H16BrNO/c1-3-9-4-5-11(14-2)10(6-9)7-13-8-12/h4-6,13H,3,7-8H2,1-2H3. The van der Waals surface area contributed by atoms with Gasteiger partial charge < -0.3 is 10.1 Å². The zero-order valence-electron chi connectivity index (χ0n) is 8.64. The van der Waals surface area contributed by atoms with Gasteiger partial charge in [-0.3, -0.25) is 0 Å². The molecule has 2 nitrogen and oxygen atoms in total. The first-order chi connectivity index (χ1) is 6.81. The number of hydrogen-bond acceptors (Lipinski definition) is 2. The average molecular weight is 258 g/mol.